The van der Waals surface area contributed by atoms with Crippen LogP contribution in [0.1, 0.15) is 49.3 Å². The molecular weight excluding hydrogens is 469 g/mol. The van der Waals surface area contributed by atoms with E-state index >= 15 is 0 Å². The summed E-state index contributed by atoms with van der Waals surface area (Å²) in [5.41, 5.74) is 4.67. The monoisotopic (exact) mass is 484 g/mol. The highest BCUT2D eigenvalue weighted by Crippen LogP contribution is 2.33. The van der Waals surface area contributed by atoms with E-state index in [1.54, 1.807) is 6.92 Å². The highest BCUT2D eigenvalue weighted by Gasteiger charge is 2.32. The number of hydrogen-bond acceptors (Lipinski definition) is 7. The van der Waals surface area contributed by atoms with Crippen LogP contribution >= 0.6 is 22.9 Å². The number of carbonyl (C=O) groups is 2. The van der Waals surface area contributed by atoms with Gasteiger partial charge in [-0.1, -0.05) is 17.7 Å². The number of thiazole rings is 1. The van der Waals surface area contributed by atoms with Crippen LogP contribution in [0, 0.1) is 6.92 Å². The van der Waals surface area contributed by atoms with Crippen molar-refractivity contribution in [1.29, 1.82) is 0 Å². The average Bonchev–Trinajstić information content (AvgIpc) is 3.21. The van der Waals surface area contributed by atoms with Gasteiger partial charge in [-0.2, -0.15) is 13.2 Å². The van der Waals surface area contributed by atoms with Crippen molar-refractivity contribution in [1.82, 2.24) is 20.3 Å². The molecule has 0 spiro atoms. The van der Waals surface area contributed by atoms with Gasteiger partial charge in [0.2, 0.25) is 0 Å². The van der Waals surface area contributed by atoms with Crippen molar-refractivity contribution in [3.8, 4) is 0 Å². The first-order valence-electron chi connectivity index (χ1n) is 8.99. The Morgan fingerprint density at radius 1 is 1.19 bits per heavy atom. The van der Waals surface area contributed by atoms with Crippen molar-refractivity contribution in [2.24, 2.45) is 0 Å². The summed E-state index contributed by atoms with van der Waals surface area (Å²) < 4.78 is 39.2. The first kappa shape index (κ1) is 23.4. The van der Waals surface area contributed by atoms with Crippen LogP contribution in [-0.2, 0) is 6.18 Å². The van der Waals surface area contributed by atoms with Gasteiger partial charge in [-0.3, -0.25) is 9.59 Å². The van der Waals surface area contributed by atoms with Crippen LogP contribution in [0.4, 0.5) is 24.7 Å². The number of halogens is 4. The lowest BCUT2D eigenvalue weighted by Gasteiger charge is -2.12. The zero-order valence-electron chi connectivity index (χ0n) is 16.6. The fourth-order valence-electron chi connectivity index (χ4n) is 2.66. The van der Waals surface area contributed by atoms with Crippen LogP contribution in [-0.4, -0.2) is 26.8 Å². The average molecular weight is 485 g/mol. The maximum atomic E-state index is 13.1. The molecule has 2 amide bonds. The van der Waals surface area contributed by atoms with Crippen molar-refractivity contribution in [3.05, 3.63) is 62.5 Å². The SMILES string of the molecule is Cc1ccc(NC(=O)c2cnc(C(C)NC(=O)c3ncnc(N)c3Cl)s2)cc1C(F)(F)F. The Labute approximate surface area is 189 Å². The molecule has 0 aliphatic carbocycles. The zero-order valence-corrected chi connectivity index (χ0v) is 18.2. The molecule has 1 atom stereocenters. The van der Waals surface area contributed by atoms with Crippen molar-refractivity contribution < 1.29 is 22.8 Å². The summed E-state index contributed by atoms with van der Waals surface area (Å²) in [5.74, 6) is -1.29. The molecule has 13 heteroatoms. The van der Waals surface area contributed by atoms with Gasteiger partial charge in [0.25, 0.3) is 11.8 Å². The van der Waals surface area contributed by atoms with E-state index in [-0.39, 0.29) is 32.7 Å². The third-order valence-corrected chi connectivity index (χ3v) is 5.85. The molecule has 1 aromatic carbocycles. The van der Waals surface area contributed by atoms with E-state index in [4.69, 9.17) is 17.3 Å². The molecule has 0 bridgehead atoms. The van der Waals surface area contributed by atoms with Gasteiger partial charge in [0, 0.05) is 5.69 Å². The second-order valence-corrected chi connectivity index (χ2v) is 8.10. The first-order chi connectivity index (χ1) is 15.0. The fourth-order valence-corrected chi connectivity index (χ4v) is 3.66. The molecule has 168 valence electrons. The van der Waals surface area contributed by atoms with Crippen molar-refractivity contribution in [3.63, 3.8) is 0 Å². The molecule has 2 aromatic heterocycles. The molecule has 8 nitrogen and oxygen atoms in total. The van der Waals surface area contributed by atoms with Gasteiger partial charge in [-0.05, 0) is 31.5 Å². The van der Waals surface area contributed by atoms with Gasteiger partial charge in [-0.25, -0.2) is 15.0 Å². The quantitative estimate of drug-likeness (QED) is 0.497. The highest BCUT2D eigenvalue weighted by molar-refractivity contribution is 7.13. The smallest absolute Gasteiger partial charge is 0.382 e. The Morgan fingerprint density at radius 3 is 2.59 bits per heavy atom. The van der Waals surface area contributed by atoms with Crippen molar-refractivity contribution >= 4 is 46.3 Å². The van der Waals surface area contributed by atoms with E-state index in [2.05, 4.69) is 25.6 Å². The van der Waals surface area contributed by atoms with Gasteiger partial charge < -0.3 is 16.4 Å². The van der Waals surface area contributed by atoms with Crippen LogP contribution in [0.25, 0.3) is 0 Å². The highest BCUT2D eigenvalue weighted by atomic mass is 35.5. The van der Waals surface area contributed by atoms with Gasteiger partial charge >= 0.3 is 6.18 Å². The molecule has 0 radical (unpaired) electrons. The van der Waals surface area contributed by atoms with Crippen LogP contribution in [0.2, 0.25) is 5.02 Å². The molecule has 0 aliphatic rings. The number of nitrogen functional groups attached to an aromatic ring is 1. The Balaban J connectivity index is 1.70. The maximum Gasteiger partial charge on any atom is 0.416 e. The predicted octanol–water partition coefficient (Wildman–Crippen LogP) is 4.24. The number of amides is 2. The van der Waals surface area contributed by atoms with E-state index in [9.17, 15) is 22.8 Å². The largest absolute Gasteiger partial charge is 0.416 e. The number of aromatic nitrogens is 3. The molecular formula is C19H16ClF3N6O2S. The van der Waals surface area contributed by atoms with Crippen LogP contribution in [0.15, 0.2) is 30.7 Å². The van der Waals surface area contributed by atoms with E-state index in [1.165, 1.54) is 25.3 Å². The number of aryl methyl sites for hydroxylation is 1. The maximum absolute atomic E-state index is 13.1. The lowest BCUT2D eigenvalue weighted by Crippen LogP contribution is -2.28. The molecule has 1 unspecified atom stereocenters. The van der Waals surface area contributed by atoms with E-state index in [0.29, 0.717) is 5.01 Å². The van der Waals surface area contributed by atoms with Crippen molar-refractivity contribution in [2.45, 2.75) is 26.1 Å². The zero-order chi connectivity index (χ0) is 23.6. The van der Waals surface area contributed by atoms with Gasteiger partial charge in [0.1, 0.15) is 27.1 Å². The number of nitrogens with one attached hydrogen (secondary N) is 2. The minimum absolute atomic E-state index is 0.000202. The third-order valence-electron chi connectivity index (χ3n) is 4.30. The lowest BCUT2D eigenvalue weighted by atomic mass is 10.1. The Morgan fingerprint density at radius 2 is 1.91 bits per heavy atom. The van der Waals surface area contributed by atoms with E-state index < -0.39 is 29.6 Å². The van der Waals surface area contributed by atoms with Gasteiger partial charge in [0.05, 0.1) is 17.8 Å². The number of hydrogen-bond donors (Lipinski definition) is 3. The molecule has 0 saturated heterocycles. The normalized spacial score (nSPS) is 12.3. The fraction of sp³-hybridized carbons (Fsp3) is 0.211. The van der Waals surface area contributed by atoms with Crippen molar-refractivity contribution in [2.75, 3.05) is 11.1 Å². The number of benzene rings is 1. The lowest BCUT2D eigenvalue weighted by molar-refractivity contribution is -0.138. The minimum Gasteiger partial charge on any atom is -0.382 e. The Kier molecular flexibility index (Phi) is 6.65. The summed E-state index contributed by atoms with van der Waals surface area (Å²) in [6.07, 6.45) is -2.16. The third kappa shape index (κ3) is 5.14. The number of carbonyl (C=O) groups excluding carboxylic acids is 2. The summed E-state index contributed by atoms with van der Waals surface area (Å²) in [6, 6.07) is 2.91. The predicted molar refractivity (Wildman–Crippen MR) is 114 cm³/mol. The topological polar surface area (TPSA) is 123 Å². The van der Waals surface area contributed by atoms with Crippen LogP contribution in [0.5, 0.6) is 0 Å². The number of nitrogens with two attached hydrogens (primary N) is 1. The summed E-state index contributed by atoms with van der Waals surface area (Å²) >= 11 is 6.92. The molecule has 3 rings (SSSR count). The second-order valence-electron chi connectivity index (χ2n) is 6.66. The standard InChI is InChI=1S/C19H16ClF3N6O2S/c1-8-3-4-10(5-11(8)19(21,22)23)29-16(30)12-6-25-18(32-12)9(2)28-17(31)14-13(20)15(24)27-7-26-14/h3-7,9H,1-2H3,(H,28,31)(H,29,30)(H2,24,26,27). The molecule has 0 saturated carbocycles. The Bertz CT molecular complexity index is 1180. The minimum atomic E-state index is -4.53. The van der Waals surface area contributed by atoms with E-state index in [1.807, 2.05) is 0 Å². The molecule has 0 fully saturated rings. The summed E-state index contributed by atoms with van der Waals surface area (Å²) in [6.45, 7) is 2.97. The summed E-state index contributed by atoms with van der Waals surface area (Å²) in [7, 11) is 0. The van der Waals surface area contributed by atoms with Gasteiger partial charge in [0.15, 0.2) is 5.69 Å². The number of nitrogens with zero attached hydrogens (tertiary/aromatic N) is 3. The molecule has 32 heavy (non-hydrogen) atoms. The number of anilines is 2. The molecule has 4 N–H and O–H groups in total. The van der Waals surface area contributed by atoms with Crippen LogP contribution < -0.4 is 16.4 Å². The number of alkyl halides is 3. The molecule has 3 aromatic rings. The van der Waals surface area contributed by atoms with E-state index in [0.717, 1.165) is 23.7 Å². The van der Waals surface area contributed by atoms with Crippen LogP contribution in [0.3, 0.4) is 0 Å². The summed E-state index contributed by atoms with van der Waals surface area (Å²) in [5, 5.41) is 5.36. The molecule has 2 heterocycles. The Hall–Kier alpha value is -3.25. The van der Waals surface area contributed by atoms with Gasteiger partial charge in [-0.15, -0.1) is 11.3 Å². The summed E-state index contributed by atoms with van der Waals surface area (Å²) in [4.78, 5) is 36.6. The number of rotatable bonds is 5. The molecule has 0 aliphatic heterocycles. The second kappa shape index (κ2) is 9.09. The first-order valence-corrected chi connectivity index (χ1v) is 10.2.